The second kappa shape index (κ2) is 9.44. The zero-order valence-electron chi connectivity index (χ0n) is 16.5. The zero-order valence-corrected chi connectivity index (χ0v) is 16.5. The number of nitrogens with zero attached hydrogens (tertiary/aromatic N) is 1. The molecule has 0 aromatic carbocycles. The van der Waals surface area contributed by atoms with Crippen molar-refractivity contribution in [1.29, 1.82) is 0 Å². The summed E-state index contributed by atoms with van der Waals surface area (Å²) >= 11 is 0. The summed E-state index contributed by atoms with van der Waals surface area (Å²) < 4.78 is 15.3. The molecule has 2 amide bonds. The molecule has 0 rings (SSSR count). The van der Waals surface area contributed by atoms with Crippen LogP contribution in [0.3, 0.4) is 0 Å². The predicted molar refractivity (Wildman–Crippen MR) is 94.2 cm³/mol. The van der Waals surface area contributed by atoms with Gasteiger partial charge in [0.05, 0.1) is 19.6 Å². The summed E-state index contributed by atoms with van der Waals surface area (Å²) in [7, 11) is 1.25. The van der Waals surface area contributed by atoms with Gasteiger partial charge in [-0.25, -0.2) is 14.5 Å². The smallest absolute Gasteiger partial charge is 0.420 e. The molecule has 0 N–H and O–H groups in total. The molecule has 1 atom stereocenters. The van der Waals surface area contributed by atoms with Gasteiger partial charge in [-0.15, -0.1) is 0 Å². The number of allylic oxidation sites excluding steroid dienone is 1. The lowest BCUT2D eigenvalue weighted by Crippen LogP contribution is -2.49. The molecular weight excluding hydrogens is 326 g/mol. The number of carbonyl (C=O) groups excluding carboxylic acids is 3. The summed E-state index contributed by atoms with van der Waals surface area (Å²) in [5.41, 5.74) is -1.60. The van der Waals surface area contributed by atoms with Crippen LogP contribution in [0.2, 0.25) is 0 Å². The van der Waals surface area contributed by atoms with Crippen LogP contribution < -0.4 is 0 Å². The predicted octanol–water partition coefficient (Wildman–Crippen LogP) is 4.06. The summed E-state index contributed by atoms with van der Waals surface area (Å²) in [6, 6.07) is -0.770. The summed E-state index contributed by atoms with van der Waals surface area (Å²) in [5, 5.41) is 0. The second-order valence-corrected chi connectivity index (χ2v) is 7.57. The van der Waals surface area contributed by atoms with E-state index in [1.807, 2.05) is 0 Å². The first-order chi connectivity index (χ1) is 11.3. The summed E-state index contributed by atoms with van der Waals surface area (Å²) in [5.74, 6) is -0.536. The van der Waals surface area contributed by atoms with Crippen LogP contribution in [0.25, 0.3) is 0 Å². The van der Waals surface area contributed by atoms with E-state index in [1.54, 1.807) is 60.6 Å². The van der Waals surface area contributed by atoms with E-state index >= 15 is 0 Å². The monoisotopic (exact) mass is 357 g/mol. The number of rotatable bonds is 5. The third kappa shape index (κ3) is 9.74. The molecule has 0 saturated heterocycles. The van der Waals surface area contributed by atoms with Crippen LogP contribution in [-0.4, -0.2) is 47.4 Å². The average molecular weight is 357 g/mol. The Kier molecular flexibility index (Phi) is 8.66. The fourth-order valence-electron chi connectivity index (χ4n) is 1.84. The van der Waals surface area contributed by atoms with E-state index in [2.05, 4.69) is 4.74 Å². The Bertz CT molecular complexity index is 471. The Morgan fingerprint density at radius 2 is 1.40 bits per heavy atom. The van der Waals surface area contributed by atoms with Crippen LogP contribution in [0.4, 0.5) is 9.59 Å². The minimum atomic E-state index is -0.861. The molecule has 0 heterocycles. The quantitative estimate of drug-likeness (QED) is 0.419. The zero-order chi connectivity index (χ0) is 19.8. The first-order valence-corrected chi connectivity index (χ1v) is 8.24. The summed E-state index contributed by atoms with van der Waals surface area (Å²) in [6.07, 6.45) is 1.94. The molecule has 25 heavy (non-hydrogen) atoms. The normalized spacial score (nSPS) is 13.3. The minimum absolute atomic E-state index is 0.153. The maximum atomic E-state index is 12.6. The lowest BCUT2D eigenvalue weighted by Gasteiger charge is -2.32. The molecular formula is C18H31NO6. The molecule has 7 heteroatoms. The van der Waals surface area contributed by atoms with Crippen LogP contribution in [-0.2, 0) is 19.0 Å². The van der Waals surface area contributed by atoms with Gasteiger partial charge in [-0.2, -0.15) is 0 Å². The van der Waals surface area contributed by atoms with Crippen LogP contribution in [0.5, 0.6) is 0 Å². The number of methoxy groups -OCH3 is 1. The molecule has 0 aliphatic rings. The lowest BCUT2D eigenvalue weighted by atomic mass is 10.1. The minimum Gasteiger partial charge on any atom is -0.469 e. The Balaban J connectivity index is 5.70. The van der Waals surface area contributed by atoms with Gasteiger partial charge in [0, 0.05) is 0 Å². The molecule has 0 saturated carbocycles. The Morgan fingerprint density at radius 3 is 1.72 bits per heavy atom. The van der Waals surface area contributed by atoms with Gasteiger partial charge >= 0.3 is 18.2 Å². The molecule has 144 valence electrons. The van der Waals surface area contributed by atoms with Crippen molar-refractivity contribution >= 4 is 18.2 Å². The number of imide groups is 1. The number of esters is 1. The third-order valence-electron chi connectivity index (χ3n) is 2.82. The van der Waals surface area contributed by atoms with Gasteiger partial charge in [0.2, 0.25) is 0 Å². The van der Waals surface area contributed by atoms with Gasteiger partial charge in [-0.05, 0) is 54.9 Å². The van der Waals surface area contributed by atoms with E-state index in [9.17, 15) is 14.4 Å². The standard InChI is InChI=1S/C18H31NO6/c1-9-10-11-13(12-14(20)23-8)19(15(21)24-17(2,3)4)16(22)25-18(5,6)7/h9-10,13H,11-12H2,1-8H3/b10-9+. The highest BCUT2D eigenvalue weighted by Gasteiger charge is 2.37. The molecule has 1 unspecified atom stereocenters. The maximum absolute atomic E-state index is 12.6. The van der Waals surface area contributed by atoms with Crippen molar-refractivity contribution in [3.63, 3.8) is 0 Å². The van der Waals surface area contributed by atoms with Crippen molar-refractivity contribution in [2.24, 2.45) is 0 Å². The second-order valence-electron chi connectivity index (χ2n) is 7.57. The first-order valence-electron chi connectivity index (χ1n) is 8.24. The van der Waals surface area contributed by atoms with Gasteiger partial charge in [0.25, 0.3) is 0 Å². The Hall–Kier alpha value is -2.05. The van der Waals surface area contributed by atoms with Crippen molar-refractivity contribution in [2.45, 2.75) is 78.6 Å². The Labute approximate surface area is 150 Å². The van der Waals surface area contributed by atoms with E-state index in [0.29, 0.717) is 0 Å². The van der Waals surface area contributed by atoms with Gasteiger partial charge in [-0.3, -0.25) is 4.79 Å². The molecule has 0 fully saturated rings. The van der Waals surface area contributed by atoms with Crippen molar-refractivity contribution in [1.82, 2.24) is 4.90 Å². The number of ether oxygens (including phenoxy) is 3. The van der Waals surface area contributed by atoms with E-state index < -0.39 is 35.4 Å². The van der Waals surface area contributed by atoms with Gasteiger partial charge in [-0.1, -0.05) is 12.2 Å². The number of hydrogen-bond donors (Lipinski definition) is 0. The fraction of sp³-hybridized carbons (Fsp3) is 0.722. The third-order valence-corrected chi connectivity index (χ3v) is 2.82. The molecule has 0 aliphatic carbocycles. The molecule has 0 radical (unpaired) electrons. The SMILES string of the molecule is C/C=C/CC(CC(=O)OC)N(C(=O)OC(C)(C)C)C(=O)OC(C)(C)C. The van der Waals surface area contributed by atoms with E-state index in [1.165, 1.54) is 7.11 Å². The van der Waals surface area contributed by atoms with E-state index in [0.717, 1.165) is 4.90 Å². The first kappa shape index (κ1) is 22.9. The average Bonchev–Trinajstić information content (AvgIpc) is 2.40. The topological polar surface area (TPSA) is 82.1 Å². The molecule has 0 bridgehead atoms. The van der Waals surface area contributed by atoms with Crippen LogP contribution >= 0.6 is 0 Å². The molecule has 0 aromatic heterocycles. The lowest BCUT2D eigenvalue weighted by molar-refractivity contribution is -0.141. The van der Waals surface area contributed by atoms with Crippen LogP contribution in [0, 0.1) is 0 Å². The van der Waals surface area contributed by atoms with Crippen LogP contribution in [0.1, 0.15) is 61.3 Å². The fourth-order valence-corrected chi connectivity index (χ4v) is 1.84. The van der Waals surface area contributed by atoms with Crippen molar-refractivity contribution in [3.8, 4) is 0 Å². The van der Waals surface area contributed by atoms with Crippen molar-refractivity contribution < 1.29 is 28.6 Å². The largest absolute Gasteiger partial charge is 0.469 e. The molecule has 0 spiro atoms. The maximum Gasteiger partial charge on any atom is 0.420 e. The van der Waals surface area contributed by atoms with Gasteiger partial charge < -0.3 is 14.2 Å². The molecule has 0 aromatic rings. The number of hydrogen-bond acceptors (Lipinski definition) is 6. The molecule has 0 aliphatic heterocycles. The summed E-state index contributed by atoms with van der Waals surface area (Å²) in [6.45, 7) is 12.0. The molecule has 7 nitrogen and oxygen atoms in total. The van der Waals surface area contributed by atoms with Gasteiger partial charge in [0.1, 0.15) is 11.2 Å². The highest BCUT2D eigenvalue weighted by atomic mass is 16.6. The highest BCUT2D eigenvalue weighted by molar-refractivity contribution is 5.89. The van der Waals surface area contributed by atoms with E-state index in [-0.39, 0.29) is 12.8 Å². The number of amides is 2. The highest BCUT2D eigenvalue weighted by Crippen LogP contribution is 2.20. The van der Waals surface area contributed by atoms with Crippen molar-refractivity contribution in [2.75, 3.05) is 7.11 Å². The van der Waals surface area contributed by atoms with Crippen molar-refractivity contribution in [3.05, 3.63) is 12.2 Å². The van der Waals surface area contributed by atoms with Crippen LogP contribution in [0.15, 0.2) is 12.2 Å². The van der Waals surface area contributed by atoms with Gasteiger partial charge in [0.15, 0.2) is 0 Å². The number of carbonyl (C=O) groups is 3. The summed E-state index contributed by atoms with van der Waals surface area (Å²) in [4.78, 5) is 37.8. The van der Waals surface area contributed by atoms with E-state index in [4.69, 9.17) is 9.47 Å². The Morgan fingerprint density at radius 1 is 0.960 bits per heavy atom.